The molecule has 2 N–H and O–H groups in total. The summed E-state index contributed by atoms with van der Waals surface area (Å²) < 4.78 is 0. The Morgan fingerprint density at radius 1 is 1.33 bits per heavy atom. The summed E-state index contributed by atoms with van der Waals surface area (Å²) in [6, 6.07) is -0.270. The molecule has 0 aromatic carbocycles. The van der Waals surface area contributed by atoms with E-state index in [1.807, 2.05) is 0 Å². The van der Waals surface area contributed by atoms with Crippen LogP contribution in [-0.2, 0) is 4.79 Å². The predicted octanol–water partition coefficient (Wildman–Crippen LogP) is 0.903. The maximum atomic E-state index is 11.5. The van der Waals surface area contributed by atoms with E-state index in [1.165, 1.54) is 0 Å². The highest BCUT2D eigenvalue weighted by atomic mass is 16.4. The number of hydrogen-bond acceptors (Lipinski definition) is 2. The van der Waals surface area contributed by atoms with Crippen LogP contribution in [0.2, 0.25) is 0 Å². The fraction of sp³-hybridized carbons (Fsp3) is 0.800. The van der Waals surface area contributed by atoms with Crippen molar-refractivity contribution >= 4 is 12.0 Å². The number of carboxylic acid groups (broad SMARTS) is 1. The Balaban J connectivity index is 2.33. The molecular formula is C10H18N2O3. The number of nitrogens with one attached hydrogen (secondary N) is 1. The maximum Gasteiger partial charge on any atom is 0.323 e. The molecule has 5 nitrogen and oxygen atoms in total. The normalized spacial score (nSPS) is 19.7. The molecule has 1 aliphatic heterocycles. The van der Waals surface area contributed by atoms with Gasteiger partial charge in [-0.25, -0.2) is 4.79 Å². The van der Waals surface area contributed by atoms with Gasteiger partial charge in [0.15, 0.2) is 0 Å². The second-order valence-corrected chi connectivity index (χ2v) is 4.70. The molecule has 0 bridgehead atoms. The van der Waals surface area contributed by atoms with Crippen molar-refractivity contribution < 1.29 is 14.7 Å². The Morgan fingerprint density at radius 3 is 2.33 bits per heavy atom. The Labute approximate surface area is 89.4 Å². The topological polar surface area (TPSA) is 69.6 Å². The molecule has 86 valence electrons. The van der Waals surface area contributed by atoms with Crippen molar-refractivity contribution in [3.05, 3.63) is 0 Å². The van der Waals surface area contributed by atoms with Gasteiger partial charge < -0.3 is 15.3 Å². The summed E-state index contributed by atoms with van der Waals surface area (Å²) in [4.78, 5) is 23.4. The standard InChI is InChI=1S/C10H18N2O3/c1-10(2)3-5-12(6-4-10)9(15)11-7-8(13)14/h3-7H2,1-2H3,(H,11,15)(H,13,14). The first-order chi connectivity index (χ1) is 6.91. The number of aliphatic carboxylic acids is 1. The molecule has 0 aromatic heterocycles. The molecule has 0 unspecified atom stereocenters. The first kappa shape index (κ1) is 11.8. The SMILES string of the molecule is CC1(C)CCN(C(=O)NCC(=O)O)CC1. The Hall–Kier alpha value is -1.26. The minimum absolute atomic E-state index is 0.270. The second kappa shape index (κ2) is 4.51. The van der Waals surface area contributed by atoms with E-state index in [4.69, 9.17) is 5.11 Å². The lowest BCUT2D eigenvalue weighted by atomic mass is 9.83. The van der Waals surface area contributed by atoms with Crippen LogP contribution < -0.4 is 5.32 Å². The van der Waals surface area contributed by atoms with Crippen LogP contribution in [0.5, 0.6) is 0 Å². The van der Waals surface area contributed by atoms with Crippen molar-refractivity contribution in [2.45, 2.75) is 26.7 Å². The largest absolute Gasteiger partial charge is 0.480 e. The predicted molar refractivity (Wildman–Crippen MR) is 55.6 cm³/mol. The Morgan fingerprint density at radius 2 is 1.87 bits per heavy atom. The smallest absolute Gasteiger partial charge is 0.323 e. The number of rotatable bonds is 2. The number of urea groups is 1. The van der Waals surface area contributed by atoms with Gasteiger partial charge >= 0.3 is 12.0 Å². The molecule has 2 amide bonds. The first-order valence-electron chi connectivity index (χ1n) is 5.15. The number of likely N-dealkylation sites (tertiary alicyclic amines) is 1. The summed E-state index contributed by atoms with van der Waals surface area (Å²) in [5.74, 6) is -1.01. The molecule has 1 aliphatic rings. The summed E-state index contributed by atoms with van der Waals surface area (Å²) in [5.41, 5.74) is 0.295. The molecule has 0 atom stereocenters. The summed E-state index contributed by atoms with van der Waals surface area (Å²) in [6.45, 7) is 5.47. The number of hydrogen-bond donors (Lipinski definition) is 2. The van der Waals surface area contributed by atoms with Gasteiger partial charge in [-0.1, -0.05) is 13.8 Å². The third-order valence-corrected chi connectivity index (χ3v) is 2.80. The fourth-order valence-electron chi connectivity index (χ4n) is 1.58. The minimum atomic E-state index is -1.01. The highest BCUT2D eigenvalue weighted by Crippen LogP contribution is 2.29. The molecule has 1 rings (SSSR count). The van der Waals surface area contributed by atoms with Crippen LogP contribution in [0.4, 0.5) is 4.79 Å². The van der Waals surface area contributed by atoms with Gasteiger partial charge in [0.25, 0.3) is 0 Å². The number of carboxylic acids is 1. The van der Waals surface area contributed by atoms with Crippen molar-refractivity contribution in [2.75, 3.05) is 19.6 Å². The van der Waals surface area contributed by atoms with Gasteiger partial charge in [0.1, 0.15) is 6.54 Å². The lowest BCUT2D eigenvalue weighted by Gasteiger charge is -2.36. The monoisotopic (exact) mass is 214 g/mol. The average Bonchev–Trinajstić information content (AvgIpc) is 2.14. The highest BCUT2D eigenvalue weighted by Gasteiger charge is 2.27. The molecule has 1 saturated heterocycles. The van der Waals surface area contributed by atoms with Gasteiger partial charge in [-0.2, -0.15) is 0 Å². The van der Waals surface area contributed by atoms with E-state index in [1.54, 1.807) is 4.90 Å². The van der Waals surface area contributed by atoms with E-state index in [0.29, 0.717) is 18.5 Å². The van der Waals surface area contributed by atoms with Crippen molar-refractivity contribution in [2.24, 2.45) is 5.41 Å². The number of carbonyl (C=O) groups excluding carboxylic acids is 1. The summed E-state index contributed by atoms with van der Waals surface area (Å²) in [7, 11) is 0. The molecule has 0 radical (unpaired) electrons. The van der Waals surface area contributed by atoms with Crippen LogP contribution in [0.1, 0.15) is 26.7 Å². The van der Waals surface area contributed by atoms with Crippen molar-refractivity contribution in [1.29, 1.82) is 0 Å². The average molecular weight is 214 g/mol. The molecule has 0 aromatic rings. The van der Waals surface area contributed by atoms with Crippen LogP contribution in [-0.4, -0.2) is 41.6 Å². The lowest BCUT2D eigenvalue weighted by Crippen LogP contribution is -2.47. The van der Waals surface area contributed by atoms with E-state index >= 15 is 0 Å². The van der Waals surface area contributed by atoms with E-state index < -0.39 is 5.97 Å². The van der Waals surface area contributed by atoms with Gasteiger partial charge in [0, 0.05) is 13.1 Å². The minimum Gasteiger partial charge on any atom is -0.480 e. The van der Waals surface area contributed by atoms with Crippen molar-refractivity contribution in [3.63, 3.8) is 0 Å². The second-order valence-electron chi connectivity index (χ2n) is 4.70. The lowest BCUT2D eigenvalue weighted by molar-refractivity contribution is -0.135. The molecule has 0 saturated carbocycles. The summed E-state index contributed by atoms with van der Waals surface area (Å²) in [5, 5.41) is 10.8. The zero-order chi connectivity index (χ0) is 11.5. The third-order valence-electron chi connectivity index (χ3n) is 2.80. The van der Waals surface area contributed by atoms with E-state index in [0.717, 1.165) is 12.8 Å². The zero-order valence-electron chi connectivity index (χ0n) is 9.25. The van der Waals surface area contributed by atoms with Crippen LogP contribution in [0.15, 0.2) is 0 Å². The van der Waals surface area contributed by atoms with Crippen LogP contribution in [0.25, 0.3) is 0 Å². The van der Waals surface area contributed by atoms with Gasteiger partial charge in [-0.15, -0.1) is 0 Å². The van der Waals surface area contributed by atoms with Gasteiger partial charge in [-0.3, -0.25) is 4.79 Å². The van der Waals surface area contributed by atoms with Gasteiger partial charge in [0.05, 0.1) is 0 Å². The first-order valence-corrected chi connectivity index (χ1v) is 5.15. The molecule has 1 fully saturated rings. The molecule has 0 aliphatic carbocycles. The van der Waals surface area contributed by atoms with E-state index in [9.17, 15) is 9.59 Å². The van der Waals surface area contributed by atoms with Crippen LogP contribution >= 0.6 is 0 Å². The summed E-state index contributed by atoms with van der Waals surface area (Å²) in [6.07, 6.45) is 1.93. The molecule has 1 heterocycles. The van der Waals surface area contributed by atoms with Crippen molar-refractivity contribution in [3.8, 4) is 0 Å². The molecule has 0 spiro atoms. The molecular weight excluding hydrogens is 196 g/mol. The van der Waals surface area contributed by atoms with Crippen LogP contribution in [0, 0.1) is 5.41 Å². The number of nitrogens with zero attached hydrogens (tertiary/aromatic N) is 1. The third kappa shape index (κ3) is 3.77. The fourth-order valence-corrected chi connectivity index (χ4v) is 1.58. The van der Waals surface area contributed by atoms with Crippen molar-refractivity contribution in [1.82, 2.24) is 10.2 Å². The summed E-state index contributed by atoms with van der Waals surface area (Å²) >= 11 is 0. The van der Waals surface area contributed by atoms with Gasteiger partial charge in [0.2, 0.25) is 0 Å². The quantitative estimate of drug-likeness (QED) is 0.717. The number of amides is 2. The number of piperidine rings is 1. The number of carbonyl (C=O) groups is 2. The Kier molecular flexibility index (Phi) is 3.55. The maximum absolute atomic E-state index is 11.5. The highest BCUT2D eigenvalue weighted by molar-refractivity contribution is 5.79. The Bertz CT molecular complexity index is 253. The van der Waals surface area contributed by atoms with E-state index in [-0.39, 0.29) is 12.6 Å². The van der Waals surface area contributed by atoms with Gasteiger partial charge in [-0.05, 0) is 18.3 Å². The van der Waals surface area contributed by atoms with Crippen LogP contribution in [0.3, 0.4) is 0 Å². The molecule has 5 heteroatoms. The van der Waals surface area contributed by atoms with E-state index in [2.05, 4.69) is 19.2 Å². The zero-order valence-corrected chi connectivity index (χ0v) is 9.25. The molecule has 15 heavy (non-hydrogen) atoms.